The molecule has 1 radical (unpaired) electrons. The summed E-state index contributed by atoms with van der Waals surface area (Å²) in [6.45, 7) is 2.94. The molecule has 0 fully saturated rings. The average molecular weight is 267 g/mol. The van der Waals surface area contributed by atoms with Crippen LogP contribution in [-0.4, -0.2) is 6.18 Å². The van der Waals surface area contributed by atoms with Gasteiger partial charge in [0.25, 0.3) is 0 Å². The number of rotatable bonds is 3. The Morgan fingerprint density at radius 3 is 1.94 bits per heavy atom. The molecule has 0 aliphatic carbocycles. The van der Waals surface area contributed by atoms with Gasteiger partial charge in [-0.1, -0.05) is 38.1 Å². The van der Waals surface area contributed by atoms with Crippen molar-refractivity contribution in [2.24, 2.45) is 5.92 Å². The normalized spacial score (nSPS) is 14.9. The van der Waals surface area contributed by atoms with Crippen LogP contribution in [0.2, 0.25) is 0 Å². The molecule has 0 aromatic heterocycles. The van der Waals surface area contributed by atoms with E-state index in [0.717, 1.165) is 12.1 Å². The molecule has 1 rings (SSSR count). The lowest BCUT2D eigenvalue weighted by Gasteiger charge is -2.24. The van der Waals surface area contributed by atoms with Crippen LogP contribution in [0.1, 0.15) is 31.1 Å². The van der Waals surface area contributed by atoms with Crippen molar-refractivity contribution in [1.29, 1.82) is 0 Å². The lowest BCUT2D eigenvalue weighted by molar-refractivity contribution is -0.290. The molecule has 0 bridgehead atoms. The quantitative estimate of drug-likeness (QED) is 0.720. The highest BCUT2D eigenvalue weighted by Gasteiger charge is 2.59. The zero-order chi connectivity index (χ0) is 14.1. The van der Waals surface area contributed by atoms with Gasteiger partial charge in [0.05, 0.1) is 0 Å². The number of hydrogen-bond acceptors (Lipinski definition) is 0. The lowest BCUT2D eigenvalue weighted by atomic mass is 9.91. The van der Waals surface area contributed by atoms with E-state index in [1.807, 2.05) is 0 Å². The minimum atomic E-state index is -5.71. The summed E-state index contributed by atoms with van der Waals surface area (Å²) in [7, 11) is 0. The molecule has 0 amide bonds. The summed E-state index contributed by atoms with van der Waals surface area (Å²) >= 11 is 0. The van der Waals surface area contributed by atoms with Crippen molar-refractivity contribution in [3.05, 3.63) is 35.4 Å². The Balaban J connectivity index is 3.34. The molecule has 101 valence electrons. The molecule has 0 spiro atoms. The van der Waals surface area contributed by atoms with Crippen molar-refractivity contribution < 1.29 is 27.1 Å². The van der Waals surface area contributed by atoms with Gasteiger partial charge < -0.3 is 0 Å². The summed E-state index contributed by atoms with van der Waals surface area (Å²) in [5, 5.41) is 11.7. The summed E-state index contributed by atoms with van der Waals surface area (Å²) in [6, 6.07) is 4.01. The van der Waals surface area contributed by atoms with E-state index >= 15 is 0 Å². The topological polar surface area (TPSA) is 19.9 Å². The fraction of sp³-hybridized carbons (Fsp3) is 0.500. The molecule has 1 aromatic rings. The molecule has 1 atom stereocenters. The fourth-order valence-corrected chi connectivity index (χ4v) is 1.54. The van der Waals surface area contributed by atoms with Crippen LogP contribution in [0.3, 0.4) is 0 Å². The Morgan fingerprint density at radius 2 is 1.50 bits per heavy atom. The Morgan fingerprint density at radius 1 is 1.00 bits per heavy atom. The van der Waals surface area contributed by atoms with E-state index in [-0.39, 0.29) is 0 Å². The van der Waals surface area contributed by atoms with Crippen LogP contribution in [0.15, 0.2) is 24.3 Å². The SMILES string of the molecule is CC(C)C([O])c1ccccc1C(F)(F)C(F)(F)F. The van der Waals surface area contributed by atoms with E-state index in [1.54, 1.807) is 0 Å². The van der Waals surface area contributed by atoms with Gasteiger partial charge >= 0.3 is 12.1 Å². The monoisotopic (exact) mass is 267 g/mol. The third kappa shape index (κ3) is 2.63. The summed E-state index contributed by atoms with van der Waals surface area (Å²) in [5.74, 6) is -5.59. The van der Waals surface area contributed by atoms with Gasteiger partial charge in [-0.3, -0.25) is 0 Å². The second-order valence-electron chi connectivity index (χ2n) is 4.32. The molecule has 0 N–H and O–H groups in total. The summed E-state index contributed by atoms with van der Waals surface area (Å²) in [5.41, 5.74) is -1.76. The van der Waals surface area contributed by atoms with Gasteiger partial charge in [-0.15, -0.1) is 0 Å². The van der Waals surface area contributed by atoms with Gasteiger partial charge in [0, 0.05) is 5.56 Å². The zero-order valence-electron chi connectivity index (χ0n) is 9.76. The van der Waals surface area contributed by atoms with Crippen LogP contribution in [0.25, 0.3) is 0 Å². The molecule has 1 aromatic carbocycles. The Hall–Kier alpha value is -1.17. The molecule has 18 heavy (non-hydrogen) atoms. The summed E-state index contributed by atoms with van der Waals surface area (Å²) < 4.78 is 63.5. The molecular formula is C12H12F5O. The number of alkyl halides is 5. The van der Waals surface area contributed by atoms with Crippen molar-refractivity contribution >= 4 is 0 Å². The second-order valence-corrected chi connectivity index (χ2v) is 4.32. The van der Waals surface area contributed by atoms with E-state index in [4.69, 9.17) is 0 Å². The molecule has 6 heteroatoms. The van der Waals surface area contributed by atoms with Gasteiger partial charge in [0.2, 0.25) is 0 Å². The van der Waals surface area contributed by atoms with Gasteiger partial charge in [-0.25, -0.2) is 5.11 Å². The maximum atomic E-state index is 13.3. The van der Waals surface area contributed by atoms with Crippen LogP contribution < -0.4 is 0 Å². The number of benzene rings is 1. The standard InChI is InChI=1S/C12H12F5O/c1-7(2)10(18)8-5-3-4-6-9(8)11(13,14)12(15,16)17/h3-7,10H,1-2H3. The van der Waals surface area contributed by atoms with Crippen molar-refractivity contribution in [2.75, 3.05) is 0 Å². The van der Waals surface area contributed by atoms with Crippen molar-refractivity contribution in [3.8, 4) is 0 Å². The van der Waals surface area contributed by atoms with Crippen molar-refractivity contribution in [2.45, 2.75) is 32.1 Å². The van der Waals surface area contributed by atoms with E-state index in [0.29, 0.717) is 6.07 Å². The predicted molar refractivity (Wildman–Crippen MR) is 54.7 cm³/mol. The molecule has 0 heterocycles. The highest BCUT2D eigenvalue weighted by molar-refractivity contribution is 5.34. The molecule has 1 nitrogen and oxygen atoms in total. The Kier molecular flexibility index (Phi) is 4.00. The first-order valence-electron chi connectivity index (χ1n) is 5.28. The van der Waals surface area contributed by atoms with Gasteiger partial charge in [0.1, 0.15) is 6.10 Å². The van der Waals surface area contributed by atoms with Crippen LogP contribution in [0.4, 0.5) is 22.0 Å². The molecular weight excluding hydrogens is 255 g/mol. The Labute approximate surface area is 101 Å². The summed E-state index contributed by atoms with van der Waals surface area (Å²) in [6.07, 6.45) is -7.32. The fourth-order valence-electron chi connectivity index (χ4n) is 1.54. The number of hydrogen-bond donors (Lipinski definition) is 0. The van der Waals surface area contributed by atoms with Crippen LogP contribution in [-0.2, 0) is 11.0 Å². The van der Waals surface area contributed by atoms with Gasteiger partial charge in [-0.05, 0) is 11.5 Å². The summed E-state index contributed by atoms with van der Waals surface area (Å²) in [4.78, 5) is 0. The van der Waals surface area contributed by atoms with Crippen molar-refractivity contribution in [1.82, 2.24) is 0 Å². The molecule has 1 unspecified atom stereocenters. The minimum absolute atomic E-state index is 0.505. The lowest BCUT2D eigenvalue weighted by Crippen LogP contribution is -2.35. The van der Waals surface area contributed by atoms with Gasteiger partial charge in [0.15, 0.2) is 0 Å². The van der Waals surface area contributed by atoms with Crippen LogP contribution in [0, 0.1) is 5.92 Å². The third-order valence-electron chi connectivity index (χ3n) is 2.57. The van der Waals surface area contributed by atoms with Crippen LogP contribution >= 0.6 is 0 Å². The maximum Gasteiger partial charge on any atom is 0.458 e. The van der Waals surface area contributed by atoms with Gasteiger partial charge in [-0.2, -0.15) is 22.0 Å². The van der Waals surface area contributed by atoms with E-state index in [2.05, 4.69) is 0 Å². The Bertz CT molecular complexity index is 411. The zero-order valence-corrected chi connectivity index (χ0v) is 9.76. The largest absolute Gasteiger partial charge is 0.458 e. The molecule has 0 aliphatic rings. The first-order chi connectivity index (χ1) is 8.09. The van der Waals surface area contributed by atoms with E-state index in [9.17, 15) is 27.1 Å². The van der Waals surface area contributed by atoms with Crippen molar-refractivity contribution in [3.63, 3.8) is 0 Å². The predicted octanol–water partition coefficient (Wildman–Crippen LogP) is 4.47. The first kappa shape index (κ1) is 14.9. The van der Waals surface area contributed by atoms with E-state index < -0.39 is 35.2 Å². The highest BCUT2D eigenvalue weighted by atomic mass is 19.4. The third-order valence-corrected chi connectivity index (χ3v) is 2.57. The molecule has 0 saturated heterocycles. The minimum Gasteiger partial charge on any atom is -0.228 e. The average Bonchev–Trinajstić information content (AvgIpc) is 2.26. The maximum absolute atomic E-state index is 13.3. The molecule has 0 saturated carbocycles. The first-order valence-corrected chi connectivity index (χ1v) is 5.28. The highest BCUT2D eigenvalue weighted by Crippen LogP contribution is 2.46. The number of halogens is 5. The second kappa shape index (κ2) is 4.84. The smallest absolute Gasteiger partial charge is 0.228 e. The molecule has 0 aliphatic heterocycles. The van der Waals surface area contributed by atoms with E-state index in [1.165, 1.54) is 19.9 Å². The van der Waals surface area contributed by atoms with Crippen LogP contribution in [0.5, 0.6) is 0 Å².